The van der Waals surface area contributed by atoms with Gasteiger partial charge in [0.05, 0.1) is 5.56 Å². The number of nitrogens with zero attached hydrogens (tertiary/aromatic N) is 3. The lowest BCUT2D eigenvalue weighted by Gasteiger charge is -2.34. The topological polar surface area (TPSA) is 53.5 Å². The average Bonchev–Trinajstić information content (AvgIpc) is 2.62. The summed E-state index contributed by atoms with van der Waals surface area (Å²) < 4.78 is 13.7. The molecule has 1 aliphatic heterocycles. The smallest absolute Gasteiger partial charge is 0.272 e. The molecular formula is C17H16FN3O2. The Morgan fingerprint density at radius 2 is 1.48 bits per heavy atom. The number of benzene rings is 1. The van der Waals surface area contributed by atoms with E-state index in [1.54, 1.807) is 46.3 Å². The molecular weight excluding hydrogens is 297 g/mol. The second kappa shape index (κ2) is 6.56. The molecule has 1 fully saturated rings. The molecule has 3 rings (SSSR count). The number of piperazine rings is 1. The van der Waals surface area contributed by atoms with Crippen LogP contribution in [0.25, 0.3) is 0 Å². The molecule has 6 heteroatoms. The summed E-state index contributed by atoms with van der Waals surface area (Å²) in [5.41, 5.74) is 0.457. The number of hydrogen-bond donors (Lipinski definition) is 0. The third kappa shape index (κ3) is 3.21. The maximum absolute atomic E-state index is 13.7. The molecule has 5 nitrogen and oxygen atoms in total. The highest BCUT2D eigenvalue weighted by Gasteiger charge is 2.26. The van der Waals surface area contributed by atoms with Crippen LogP contribution in [0.3, 0.4) is 0 Å². The van der Waals surface area contributed by atoms with Crippen molar-refractivity contribution < 1.29 is 14.0 Å². The lowest BCUT2D eigenvalue weighted by molar-refractivity contribution is 0.0529. The Bertz CT molecular complexity index is 713. The number of pyridine rings is 1. The first-order valence-electron chi connectivity index (χ1n) is 7.41. The van der Waals surface area contributed by atoms with Gasteiger partial charge in [-0.15, -0.1) is 0 Å². The second-order valence-electron chi connectivity index (χ2n) is 5.28. The molecule has 23 heavy (non-hydrogen) atoms. The Hall–Kier alpha value is -2.76. The maximum Gasteiger partial charge on any atom is 0.272 e. The van der Waals surface area contributed by atoms with E-state index in [9.17, 15) is 14.0 Å². The quantitative estimate of drug-likeness (QED) is 0.850. The van der Waals surface area contributed by atoms with Gasteiger partial charge in [0.2, 0.25) is 0 Å². The number of carbonyl (C=O) groups excluding carboxylic acids is 2. The molecule has 0 saturated carbocycles. The highest BCUT2D eigenvalue weighted by Crippen LogP contribution is 2.13. The van der Waals surface area contributed by atoms with Crippen LogP contribution in [0.2, 0.25) is 0 Å². The minimum atomic E-state index is -0.524. The fraction of sp³-hybridized carbons (Fsp3) is 0.235. The lowest BCUT2D eigenvalue weighted by atomic mass is 10.1. The van der Waals surface area contributed by atoms with E-state index in [2.05, 4.69) is 4.98 Å². The molecule has 2 amide bonds. The summed E-state index contributed by atoms with van der Waals surface area (Å²) in [6.07, 6.45) is 1.57. The van der Waals surface area contributed by atoms with Gasteiger partial charge in [-0.25, -0.2) is 4.39 Å². The predicted octanol–water partition coefficient (Wildman–Crippen LogP) is 1.82. The molecule has 1 aliphatic rings. The van der Waals surface area contributed by atoms with Crippen LogP contribution < -0.4 is 0 Å². The van der Waals surface area contributed by atoms with E-state index in [0.29, 0.717) is 31.9 Å². The normalized spacial score (nSPS) is 14.7. The summed E-state index contributed by atoms with van der Waals surface area (Å²) in [5.74, 6) is -1.01. The molecule has 1 saturated heterocycles. The van der Waals surface area contributed by atoms with Crippen molar-refractivity contribution in [1.82, 2.24) is 14.8 Å². The van der Waals surface area contributed by atoms with Crippen LogP contribution in [0.15, 0.2) is 48.7 Å². The van der Waals surface area contributed by atoms with Crippen molar-refractivity contribution in [1.29, 1.82) is 0 Å². The van der Waals surface area contributed by atoms with Gasteiger partial charge in [0.15, 0.2) is 0 Å². The Kier molecular flexibility index (Phi) is 4.32. The zero-order chi connectivity index (χ0) is 16.2. The van der Waals surface area contributed by atoms with Crippen molar-refractivity contribution in [2.45, 2.75) is 0 Å². The predicted molar refractivity (Wildman–Crippen MR) is 82.4 cm³/mol. The Labute approximate surface area is 133 Å². The number of hydrogen-bond acceptors (Lipinski definition) is 3. The molecule has 1 aromatic heterocycles. The third-order valence-electron chi connectivity index (χ3n) is 3.84. The first kappa shape index (κ1) is 15.1. The van der Waals surface area contributed by atoms with Gasteiger partial charge in [-0.1, -0.05) is 18.2 Å². The zero-order valence-corrected chi connectivity index (χ0v) is 12.5. The lowest BCUT2D eigenvalue weighted by Crippen LogP contribution is -2.50. The van der Waals surface area contributed by atoms with E-state index in [-0.39, 0.29) is 17.4 Å². The van der Waals surface area contributed by atoms with Crippen molar-refractivity contribution in [2.75, 3.05) is 26.2 Å². The fourth-order valence-corrected chi connectivity index (χ4v) is 2.57. The number of halogens is 1. The summed E-state index contributed by atoms with van der Waals surface area (Å²) in [6.45, 7) is 1.59. The number of rotatable bonds is 2. The van der Waals surface area contributed by atoms with Crippen LogP contribution >= 0.6 is 0 Å². The maximum atomic E-state index is 13.7. The van der Waals surface area contributed by atoms with Crippen molar-refractivity contribution in [3.8, 4) is 0 Å². The van der Waals surface area contributed by atoms with Gasteiger partial charge in [-0.2, -0.15) is 0 Å². The fourth-order valence-electron chi connectivity index (χ4n) is 2.57. The van der Waals surface area contributed by atoms with E-state index >= 15 is 0 Å². The molecule has 1 aromatic carbocycles. The standard InChI is InChI=1S/C17H16FN3O2/c18-14-6-2-1-5-13(14)16(22)20-9-11-21(12-10-20)17(23)15-7-3-4-8-19-15/h1-8H,9-12H2. The Morgan fingerprint density at radius 3 is 2.09 bits per heavy atom. The van der Waals surface area contributed by atoms with Gasteiger partial charge in [0, 0.05) is 32.4 Å². The van der Waals surface area contributed by atoms with Gasteiger partial charge in [-0.05, 0) is 24.3 Å². The van der Waals surface area contributed by atoms with Gasteiger partial charge in [0.1, 0.15) is 11.5 Å². The number of carbonyl (C=O) groups is 2. The highest BCUT2D eigenvalue weighted by atomic mass is 19.1. The van der Waals surface area contributed by atoms with Crippen LogP contribution in [0.1, 0.15) is 20.8 Å². The largest absolute Gasteiger partial charge is 0.335 e. The Balaban J connectivity index is 1.64. The summed E-state index contributed by atoms with van der Waals surface area (Å²) in [7, 11) is 0. The zero-order valence-electron chi connectivity index (χ0n) is 12.5. The van der Waals surface area contributed by atoms with Crippen LogP contribution in [0, 0.1) is 5.82 Å². The van der Waals surface area contributed by atoms with Crippen LogP contribution in [-0.2, 0) is 0 Å². The Morgan fingerprint density at radius 1 is 0.870 bits per heavy atom. The molecule has 118 valence electrons. The molecule has 0 spiro atoms. The molecule has 0 bridgehead atoms. The summed E-state index contributed by atoms with van der Waals surface area (Å²) in [4.78, 5) is 31.9. The van der Waals surface area contributed by atoms with Crippen LogP contribution in [0.4, 0.5) is 4.39 Å². The molecule has 2 heterocycles. The van der Waals surface area contributed by atoms with Gasteiger partial charge in [-0.3, -0.25) is 14.6 Å². The average molecular weight is 313 g/mol. The molecule has 0 atom stereocenters. The molecule has 0 N–H and O–H groups in total. The summed E-state index contributed by atoms with van der Waals surface area (Å²) in [5, 5.41) is 0. The second-order valence-corrected chi connectivity index (χ2v) is 5.28. The van der Waals surface area contributed by atoms with Crippen molar-refractivity contribution >= 4 is 11.8 Å². The minimum absolute atomic E-state index is 0.0667. The minimum Gasteiger partial charge on any atom is -0.335 e. The molecule has 0 aliphatic carbocycles. The van der Waals surface area contributed by atoms with E-state index in [1.165, 1.54) is 12.1 Å². The summed E-state index contributed by atoms with van der Waals surface area (Å²) in [6, 6.07) is 11.1. The number of aromatic nitrogens is 1. The van der Waals surface area contributed by atoms with E-state index < -0.39 is 5.82 Å². The third-order valence-corrected chi connectivity index (χ3v) is 3.84. The molecule has 0 unspecified atom stereocenters. The monoisotopic (exact) mass is 313 g/mol. The van der Waals surface area contributed by atoms with E-state index in [1.807, 2.05) is 0 Å². The van der Waals surface area contributed by atoms with Gasteiger partial charge in [0.25, 0.3) is 11.8 Å². The molecule has 0 radical (unpaired) electrons. The van der Waals surface area contributed by atoms with Crippen molar-refractivity contribution in [3.63, 3.8) is 0 Å². The van der Waals surface area contributed by atoms with Crippen LogP contribution in [-0.4, -0.2) is 52.8 Å². The van der Waals surface area contributed by atoms with Gasteiger partial charge >= 0.3 is 0 Å². The first-order chi connectivity index (χ1) is 11.2. The van der Waals surface area contributed by atoms with Crippen molar-refractivity contribution in [2.24, 2.45) is 0 Å². The van der Waals surface area contributed by atoms with Crippen LogP contribution in [0.5, 0.6) is 0 Å². The highest BCUT2D eigenvalue weighted by molar-refractivity contribution is 5.95. The van der Waals surface area contributed by atoms with Gasteiger partial charge < -0.3 is 9.80 Å². The number of amides is 2. The summed E-state index contributed by atoms with van der Waals surface area (Å²) >= 11 is 0. The molecule has 2 aromatic rings. The van der Waals surface area contributed by atoms with Crippen molar-refractivity contribution in [3.05, 3.63) is 65.7 Å². The van der Waals surface area contributed by atoms with E-state index in [0.717, 1.165) is 0 Å². The first-order valence-corrected chi connectivity index (χ1v) is 7.41. The SMILES string of the molecule is O=C(c1ccccn1)N1CCN(C(=O)c2ccccc2F)CC1. The van der Waals surface area contributed by atoms with E-state index in [4.69, 9.17) is 0 Å².